The van der Waals surface area contributed by atoms with E-state index in [9.17, 15) is 0 Å². The molecule has 3 heteroatoms. The number of hydrogen-bond acceptors (Lipinski definition) is 3. The van der Waals surface area contributed by atoms with Gasteiger partial charge in [0.25, 0.3) is 0 Å². The van der Waals surface area contributed by atoms with Gasteiger partial charge in [0, 0.05) is 19.2 Å². The second-order valence-corrected chi connectivity index (χ2v) is 4.83. The molecule has 0 atom stereocenters. The van der Waals surface area contributed by atoms with Crippen LogP contribution in [0.3, 0.4) is 0 Å². The normalized spacial score (nSPS) is 16.4. The van der Waals surface area contributed by atoms with Crippen molar-refractivity contribution < 1.29 is 4.74 Å². The van der Waals surface area contributed by atoms with Crippen molar-refractivity contribution in [2.75, 3.05) is 30.8 Å². The lowest BCUT2D eigenvalue weighted by atomic mass is 9.88. The first-order valence-electron chi connectivity index (χ1n) is 5.80. The first-order chi connectivity index (χ1) is 7.61. The molecule has 16 heavy (non-hydrogen) atoms. The Labute approximate surface area is 97.2 Å². The molecule has 0 saturated carbocycles. The summed E-state index contributed by atoms with van der Waals surface area (Å²) in [6, 6.07) is 5.83. The minimum Gasteiger partial charge on any atom is -0.497 e. The fraction of sp³-hybridized carbons (Fsp3) is 0.538. The van der Waals surface area contributed by atoms with Gasteiger partial charge in [0.15, 0.2) is 0 Å². The number of methoxy groups -OCH3 is 1. The SMILES string of the molecule is COc1ccc(N)c(N2CC(C(C)C)C2)c1. The molecule has 0 unspecified atom stereocenters. The van der Waals surface area contributed by atoms with E-state index in [2.05, 4.69) is 18.7 Å². The zero-order valence-electron chi connectivity index (χ0n) is 10.2. The Bertz CT molecular complexity index is 370. The number of benzene rings is 1. The van der Waals surface area contributed by atoms with Gasteiger partial charge in [-0.2, -0.15) is 0 Å². The van der Waals surface area contributed by atoms with Gasteiger partial charge in [0.05, 0.1) is 18.5 Å². The van der Waals surface area contributed by atoms with E-state index in [1.165, 1.54) is 0 Å². The Balaban J connectivity index is 2.10. The van der Waals surface area contributed by atoms with Crippen molar-refractivity contribution in [2.24, 2.45) is 11.8 Å². The number of nitrogens with two attached hydrogens (primary N) is 1. The Morgan fingerprint density at radius 2 is 2.06 bits per heavy atom. The molecule has 1 saturated heterocycles. The fourth-order valence-corrected chi connectivity index (χ4v) is 2.06. The van der Waals surface area contributed by atoms with Gasteiger partial charge in [-0.25, -0.2) is 0 Å². The fourth-order valence-electron chi connectivity index (χ4n) is 2.06. The quantitative estimate of drug-likeness (QED) is 0.795. The van der Waals surface area contributed by atoms with Gasteiger partial charge in [0.2, 0.25) is 0 Å². The van der Waals surface area contributed by atoms with E-state index in [-0.39, 0.29) is 0 Å². The van der Waals surface area contributed by atoms with Crippen LogP contribution in [0.2, 0.25) is 0 Å². The van der Waals surface area contributed by atoms with Crippen molar-refractivity contribution in [1.29, 1.82) is 0 Å². The smallest absolute Gasteiger partial charge is 0.121 e. The zero-order chi connectivity index (χ0) is 11.7. The van der Waals surface area contributed by atoms with Crippen LogP contribution in [-0.4, -0.2) is 20.2 Å². The van der Waals surface area contributed by atoms with Crippen LogP contribution in [0, 0.1) is 11.8 Å². The van der Waals surface area contributed by atoms with Gasteiger partial charge < -0.3 is 15.4 Å². The average molecular weight is 220 g/mol. The molecule has 0 bridgehead atoms. The van der Waals surface area contributed by atoms with Crippen molar-refractivity contribution in [3.05, 3.63) is 18.2 Å². The molecule has 0 amide bonds. The van der Waals surface area contributed by atoms with Crippen LogP contribution in [0.1, 0.15) is 13.8 Å². The minimum absolute atomic E-state index is 0.753. The standard InChI is InChI=1S/C13H20N2O/c1-9(2)10-7-15(8-10)13-6-11(16-3)4-5-12(13)14/h4-6,9-10H,7-8,14H2,1-3H3. The maximum Gasteiger partial charge on any atom is 0.121 e. The van der Waals surface area contributed by atoms with Gasteiger partial charge in [-0.1, -0.05) is 13.8 Å². The Morgan fingerprint density at radius 1 is 1.38 bits per heavy atom. The molecule has 2 rings (SSSR count). The van der Waals surface area contributed by atoms with Gasteiger partial charge in [-0.3, -0.25) is 0 Å². The third-order valence-electron chi connectivity index (χ3n) is 3.43. The lowest BCUT2D eigenvalue weighted by molar-refractivity contribution is 0.310. The molecule has 1 aromatic rings. The van der Waals surface area contributed by atoms with Crippen LogP contribution in [0.25, 0.3) is 0 Å². The largest absolute Gasteiger partial charge is 0.497 e. The summed E-state index contributed by atoms with van der Waals surface area (Å²) in [5.74, 6) is 2.42. The maximum atomic E-state index is 5.98. The summed E-state index contributed by atoms with van der Waals surface area (Å²) >= 11 is 0. The second-order valence-electron chi connectivity index (χ2n) is 4.83. The molecule has 0 spiro atoms. The van der Waals surface area contributed by atoms with Crippen LogP contribution < -0.4 is 15.4 Å². The van der Waals surface area contributed by atoms with Gasteiger partial charge in [-0.15, -0.1) is 0 Å². The second kappa shape index (κ2) is 4.24. The van der Waals surface area contributed by atoms with Crippen molar-refractivity contribution in [2.45, 2.75) is 13.8 Å². The highest BCUT2D eigenvalue weighted by Crippen LogP contribution is 2.34. The molecular formula is C13H20N2O. The van der Waals surface area contributed by atoms with Gasteiger partial charge in [-0.05, 0) is 24.0 Å². The predicted molar refractivity (Wildman–Crippen MR) is 67.9 cm³/mol. The Hall–Kier alpha value is -1.38. The van der Waals surface area contributed by atoms with E-state index < -0.39 is 0 Å². The Kier molecular flexibility index (Phi) is 2.95. The lowest BCUT2D eigenvalue weighted by Gasteiger charge is -2.43. The third kappa shape index (κ3) is 1.94. The highest BCUT2D eigenvalue weighted by molar-refractivity contribution is 5.70. The molecule has 1 heterocycles. The number of hydrogen-bond donors (Lipinski definition) is 1. The van der Waals surface area contributed by atoms with E-state index in [4.69, 9.17) is 10.5 Å². The van der Waals surface area contributed by atoms with Crippen molar-refractivity contribution in [1.82, 2.24) is 0 Å². The first-order valence-corrected chi connectivity index (χ1v) is 5.80. The van der Waals surface area contributed by atoms with Crippen LogP contribution in [-0.2, 0) is 0 Å². The molecule has 1 aromatic carbocycles. The maximum absolute atomic E-state index is 5.98. The van der Waals surface area contributed by atoms with Gasteiger partial charge in [0.1, 0.15) is 5.75 Å². The average Bonchev–Trinajstić information content (AvgIpc) is 2.18. The molecule has 88 valence electrons. The molecule has 3 nitrogen and oxygen atoms in total. The number of anilines is 2. The van der Waals surface area contributed by atoms with Crippen LogP contribution in [0.5, 0.6) is 5.75 Å². The summed E-state index contributed by atoms with van der Waals surface area (Å²) in [5, 5.41) is 0. The lowest BCUT2D eigenvalue weighted by Crippen LogP contribution is -2.49. The summed E-state index contributed by atoms with van der Waals surface area (Å²) < 4.78 is 5.22. The molecular weight excluding hydrogens is 200 g/mol. The number of nitrogen functional groups attached to an aromatic ring is 1. The number of rotatable bonds is 3. The molecule has 1 aliphatic heterocycles. The predicted octanol–water partition coefficient (Wildman–Crippen LogP) is 2.37. The van der Waals surface area contributed by atoms with E-state index in [1.54, 1.807) is 7.11 Å². The number of ether oxygens (including phenoxy) is 1. The third-order valence-corrected chi connectivity index (χ3v) is 3.43. The van der Waals surface area contributed by atoms with Crippen LogP contribution >= 0.6 is 0 Å². The summed E-state index contributed by atoms with van der Waals surface area (Å²) in [5.41, 5.74) is 7.92. The molecule has 1 aliphatic rings. The van der Waals surface area contributed by atoms with E-state index in [0.717, 1.165) is 42.0 Å². The summed E-state index contributed by atoms with van der Waals surface area (Å²) in [7, 11) is 1.68. The van der Waals surface area contributed by atoms with E-state index in [0.29, 0.717) is 0 Å². The highest BCUT2D eigenvalue weighted by atomic mass is 16.5. The van der Waals surface area contributed by atoms with E-state index >= 15 is 0 Å². The summed E-state index contributed by atoms with van der Waals surface area (Å²) in [4.78, 5) is 2.32. The Morgan fingerprint density at radius 3 is 2.62 bits per heavy atom. The highest BCUT2D eigenvalue weighted by Gasteiger charge is 2.30. The summed E-state index contributed by atoms with van der Waals surface area (Å²) in [6.07, 6.45) is 0. The minimum atomic E-state index is 0.753. The van der Waals surface area contributed by atoms with Crippen molar-refractivity contribution >= 4 is 11.4 Å². The van der Waals surface area contributed by atoms with Crippen LogP contribution in [0.4, 0.5) is 11.4 Å². The van der Waals surface area contributed by atoms with Crippen LogP contribution in [0.15, 0.2) is 18.2 Å². The molecule has 0 aromatic heterocycles. The van der Waals surface area contributed by atoms with Crippen molar-refractivity contribution in [3.8, 4) is 5.75 Å². The topological polar surface area (TPSA) is 38.5 Å². The van der Waals surface area contributed by atoms with Gasteiger partial charge >= 0.3 is 0 Å². The molecule has 0 radical (unpaired) electrons. The molecule has 2 N–H and O–H groups in total. The first kappa shape index (κ1) is 11.1. The summed E-state index contributed by atoms with van der Waals surface area (Å²) in [6.45, 7) is 6.76. The number of nitrogens with zero attached hydrogens (tertiary/aromatic N) is 1. The molecule has 1 fully saturated rings. The van der Waals surface area contributed by atoms with E-state index in [1.807, 2.05) is 18.2 Å². The monoisotopic (exact) mass is 220 g/mol. The molecule has 0 aliphatic carbocycles. The van der Waals surface area contributed by atoms with Crippen molar-refractivity contribution in [3.63, 3.8) is 0 Å². The zero-order valence-corrected chi connectivity index (χ0v) is 10.2.